The Kier molecular flexibility index (Phi) is 6.82. The molecule has 0 amide bonds. The summed E-state index contributed by atoms with van der Waals surface area (Å²) in [5.74, 6) is 1.24. The normalized spacial score (nSPS) is 11.5. The summed E-state index contributed by atoms with van der Waals surface area (Å²) < 4.78 is 0. The minimum absolute atomic E-state index is 0.337. The third kappa shape index (κ3) is 5.12. The highest BCUT2D eigenvalue weighted by molar-refractivity contribution is 5.50. The van der Waals surface area contributed by atoms with E-state index in [1.807, 2.05) is 12.3 Å². The number of hydrogen-bond donors (Lipinski definition) is 1. The Morgan fingerprint density at radius 1 is 1.24 bits per heavy atom. The molecule has 1 aromatic rings. The summed E-state index contributed by atoms with van der Waals surface area (Å²) in [6, 6.07) is 0.816. The Morgan fingerprint density at radius 3 is 2.38 bits per heavy atom. The Balaban J connectivity index is 3.17. The Morgan fingerprint density at radius 2 is 1.90 bits per heavy atom. The van der Waals surface area contributed by atoms with Gasteiger partial charge in [-0.2, -0.15) is 0 Å². The van der Waals surface area contributed by atoms with Gasteiger partial charge in [-0.15, -0.1) is 6.58 Å². The number of anilines is 1. The summed E-state index contributed by atoms with van der Waals surface area (Å²) in [5.41, 5.74) is 2.17. The molecule has 0 aliphatic carbocycles. The average molecular weight is 290 g/mol. The standard InChI is InChI=1S/C17H30N4/c1-8-9-21(14(6)7)16-11-19-17(12(2)3)20-15(16)10-18-13(4)5/h8,11-14,18H,1,9-10H2,2-7H3. The largest absolute Gasteiger partial charge is 0.363 e. The van der Waals surface area contributed by atoms with E-state index in [2.05, 4.69) is 63.3 Å². The molecule has 0 fully saturated rings. The van der Waals surface area contributed by atoms with Crippen LogP contribution in [0.4, 0.5) is 5.69 Å². The molecule has 0 saturated heterocycles. The molecule has 0 saturated carbocycles. The fourth-order valence-corrected chi connectivity index (χ4v) is 2.10. The molecular weight excluding hydrogens is 260 g/mol. The quantitative estimate of drug-likeness (QED) is 0.744. The van der Waals surface area contributed by atoms with Gasteiger partial charge in [-0.05, 0) is 13.8 Å². The van der Waals surface area contributed by atoms with Crippen LogP contribution in [0.5, 0.6) is 0 Å². The molecule has 1 rings (SSSR count). The minimum atomic E-state index is 0.337. The highest BCUT2D eigenvalue weighted by Crippen LogP contribution is 2.22. The highest BCUT2D eigenvalue weighted by atomic mass is 15.2. The van der Waals surface area contributed by atoms with Gasteiger partial charge in [0.1, 0.15) is 5.82 Å². The van der Waals surface area contributed by atoms with E-state index in [0.717, 1.165) is 30.3 Å². The zero-order valence-corrected chi connectivity index (χ0v) is 14.3. The lowest BCUT2D eigenvalue weighted by atomic mass is 10.1. The summed E-state index contributed by atoms with van der Waals surface area (Å²) in [7, 11) is 0. The highest BCUT2D eigenvalue weighted by Gasteiger charge is 2.17. The van der Waals surface area contributed by atoms with Gasteiger partial charge in [0.05, 0.1) is 17.6 Å². The maximum atomic E-state index is 4.78. The maximum absolute atomic E-state index is 4.78. The second-order valence-corrected chi connectivity index (χ2v) is 6.29. The van der Waals surface area contributed by atoms with Crippen LogP contribution in [0.1, 0.15) is 59.0 Å². The van der Waals surface area contributed by atoms with E-state index < -0.39 is 0 Å². The Hall–Kier alpha value is -1.42. The topological polar surface area (TPSA) is 41.1 Å². The van der Waals surface area contributed by atoms with Gasteiger partial charge in [0.2, 0.25) is 0 Å². The first-order valence-corrected chi connectivity index (χ1v) is 7.83. The van der Waals surface area contributed by atoms with Crippen molar-refractivity contribution in [2.75, 3.05) is 11.4 Å². The van der Waals surface area contributed by atoms with Crippen LogP contribution in [0.2, 0.25) is 0 Å². The predicted molar refractivity (Wildman–Crippen MR) is 90.8 cm³/mol. The van der Waals surface area contributed by atoms with E-state index in [9.17, 15) is 0 Å². The summed E-state index contributed by atoms with van der Waals surface area (Å²) >= 11 is 0. The van der Waals surface area contributed by atoms with E-state index >= 15 is 0 Å². The van der Waals surface area contributed by atoms with Crippen LogP contribution in [0, 0.1) is 0 Å². The van der Waals surface area contributed by atoms with Gasteiger partial charge in [-0.3, -0.25) is 0 Å². The van der Waals surface area contributed by atoms with Crippen LogP contribution in [0.25, 0.3) is 0 Å². The molecule has 0 unspecified atom stereocenters. The Bertz CT molecular complexity index is 452. The zero-order valence-electron chi connectivity index (χ0n) is 14.3. The zero-order chi connectivity index (χ0) is 16.0. The van der Waals surface area contributed by atoms with E-state index in [1.54, 1.807) is 0 Å². The van der Waals surface area contributed by atoms with Crippen LogP contribution in [-0.2, 0) is 6.54 Å². The van der Waals surface area contributed by atoms with E-state index in [-0.39, 0.29) is 0 Å². The maximum Gasteiger partial charge on any atom is 0.131 e. The van der Waals surface area contributed by atoms with Crippen LogP contribution in [0.3, 0.4) is 0 Å². The molecule has 118 valence electrons. The van der Waals surface area contributed by atoms with Crippen molar-refractivity contribution in [2.24, 2.45) is 0 Å². The molecule has 0 bridgehead atoms. The van der Waals surface area contributed by atoms with Gasteiger partial charge in [0, 0.05) is 31.1 Å². The first-order chi connectivity index (χ1) is 9.86. The number of hydrogen-bond acceptors (Lipinski definition) is 4. The SMILES string of the molecule is C=CCN(c1cnc(C(C)C)nc1CNC(C)C)C(C)C. The minimum Gasteiger partial charge on any atom is -0.363 e. The van der Waals surface area contributed by atoms with Gasteiger partial charge in [-0.25, -0.2) is 9.97 Å². The fraction of sp³-hybridized carbons (Fsp3) is 0.647. The summed E-state index contributed by atoms with van der Waals surface area (Å²) in [5, 5.41) is 3.46. The van der Waals surface area contributed by atoms with Gasteiger partial charge in [0.15, 0.2) is 0 Å². The van der Waals surface area contributed by atoms with Crippen LogP contribution in [0.15, 0.2) is 18.9 Å². The van der Waals surface area contributed by atoms with Crippen molar-refractivity contribution in [1.82, 2.24) is 15.3 Å². The van der Waals surface area contributed by atoms with Gasteiger partial charge in [-0.1, -0.05) is 33.8 Å². The number of aromatic nitrogens is 2. The molecule has 1 N–H and O–H groups in total. The first kappa shape index (κ1) is 17.6. The van der Waals surface area contributed by atoms with E-state index in [4.69, 9.17) is 4.98 Å². The second kappa shape index (κ2) is 8.13. The third-order valence-electron chi connectivity index (χ3n) is 3.32. The van der Waals surface area contributed by atoms with Crippen molar-refractivity contribution >= 4 is 5.69 Å². The number of rotatable bonds is 8. The molecule has 0 spiro atoms. The fourth-order valence-electron chi connectivity index (χ4n) is 2.10. The predicted octanol–water partition coefficient (Wildman–Crippen LogP) is 3.50. The molecule has 1 aromatic heterocycles. The molecule has 21 heavy (non-hydrogen) atoms. The summed E-state index contributed by atoms with van der Waals surface area (Å²) in [4.78, 5) is 11.6. The molecule has 0 aliphatic rings. The smallest absolute Gasteiger partial charge is 0.131 e. The molecule has 4 heteroatoms. The van der Waals surface area contributed by atoms with Crippen molar-refractivity contribution in [2.45, 2.75) is 66.1 Å². The number of nitrogens with zero attached hydrogens (tertiary/aromatic N) is 3. The third-order valence-corrected chi connectivity index (χ3v) is 3.32. The first-order valence-electron chi connectivity index (χ1n) is 7.83. The summed E-state index contributed by atoms with van der Waals surface area (Å²) in [6.07, 6.45) is 3.89. The van der Waals surface area contributed by atoms with Gasteiger partial charge in [0.25, 0.3) is 0 Å². The van der Waals surface area contributed by atoms with Gasteiger partial charge >= 0.3 is 0 Å². The van der Waals surface area contributed by atoms with Gasteiger partial charge < -0.3 is 10.2 Å². The van der Waals surface area contributed by atoms with Crippen molar-refractivity contribution in [3.05, 3.63) is 30.4 Å². The van der Waals surface area contributed by atoms with Crippen LogP contribution < -0.4 is 10.2 Å². The lowest BCUT2D eigenvalue weighted by Gasteiger charge is -2.29. The second-order valence-electron chi connectivity index (χ2n) is 6.29. The Labute approximate surface area is 129 Å². The van der Waals surface area contributed by atoms with Crippen molar-refractivity contribution in [1.29, 1.82) is 0 Å². The monoisotopic (exact) mass is 290 g/mol. The number of nitrogens with one attached hydrogen (secondary N) is 1. The van der Waals surface area contributed by atoms with Crippen molar-refractivity contribution in [3.8, 4) is 0 Å². The molecule has 4 nitrogen and oxygen atoms in total. The molecule has 0 atom stereocenters. The van der Waals surface area contributed by atoms with Crippen molar-refractivity contribution in [3.63, 3.8) is 0 Å². The molecule has 1 heterocycles. The lowest BCUT2D eigenvalue weighted by Crippen LogP contribution is -2.33. The van der Waals surface area contributed by atoms with Crippen LogP contribution >= 0.6 is 0 Å². The van der Waals surface area contributed by atoms with Crippen molar-refractivity contribution < 1.29 is 0 Å². The molecule has 0 aliphatic heterocycles. The molecule has 0 aromatic carbocycles. The molecule has 0 radical (unpaired) electrons. The van der Waals surface area contributed by atoms with E-state index in [1.165, 1.54) is 0 Å². The lowest BCUT2D eigenvalue weighted by molar-refractivity contribution is 0.573. The molecular formula is C17H30N4. The summed E-state index contributed by atoms with van der Waals surface area (Å²) in [6.45, 7) is 18.3. The average Bonchev–Trinajstić information content (AvgIpc) is 2.42. The van der Waals surface area contributed by atoms with E-state index in [0.29, 0.717) is 18.0 Å². The van der Waals surface area contributed by atoms with Crippen LogP contribution in [-0.4, -0.2) is 28.6 Å².